The number of halogens is 3. The van der Waals surface area contributed by atoms with Crippen molar-refractivity contribution in [2.45, 2.75) is 38.3 Å². The number of carboxylic acids is 1. The molecule has 1 fully saturated rings. The Morgan fingerprint density at radius 3 is 2.42 bits per heavy atom. The molecule has 0 radical (unpaired) electrons. The number of hydrogen-bond acceptors (Lipinski definition) is 4. The topological polar surface area (TPSA) is 84.6 Å². The molecule has 0 aromatic heterocycles. The number of alkyl halides is 3. The van der Waals surface area contributed by atoms with Crippen LogP contribution in [0.1, 0.15) is 42.4 Å². The summed E-state index contributed by atoms with van der Waals surface area (Å²) in [5.41, 5.74) is -0.0927. The van der Waals surface area contributed by atoms with Gasteiger partial charge < -0.3 is 10.0 Å². The van der Waals surface area contributed by atoms with Gasteiger partial charge in [-0.15, -0.1) is 0 Å². The van der Waals surface area contributed by atoms with Crippen LogP contribution >= 0.6 is 12.2 Å². The van der Waals surface area contributed by atoms with Crippen LogP contribution in [0.15, 0.2) is 42.5 Å². The van der Waals surface area contributed by atoms with E-state index < -0.39 is 29.2 Å². The minimum atomic E-state index is -4.76. The third kappa shape index (κ3) is 5.68. The lowest BCUT2D eigenvalue weighted by Crippen LogP contribution is -2.44. The molecule has 172 valence electrons. The Hall–Kier alpha value is -3.45. The summed E-state index contributed by atoms with van der Waals surface area (Å²) < 4.78 is 40.3. The molecule has 0 aliphatic carbocycles. The van der Waals surface area contributed by atoms with E-state index in [4.69, 9.17) is 22.6 Å². The van der Waals surface area contributed by atoms with Gasteiger partial charge in [-0.2, -0.15) is 18.4 Å². The van der Waals surface area contributed by atoms with Gasteiger partial charge in [0.05, 0.1) is 22.9 Å². The average Bonchev–Trinajstić information content (AvgIpc) is 2.90. The number of aryl methyl sites for hydroxylation is 1. The van der Waals surface area contributed by atoms with Crippen LogP contribution in [0.3, 0.4) is 0 Å². The molecule has 3 rings (SSSR count). The molecule has 33 heavy (non-hydrogen) atoms. The fraction of sp³-hybridized carbons (Fsp3) is 0.304. The van der Waals surface area contributed by atoms with Gasteiger partial charge in [0.2, 0.25) is 5.91 Å². The maximum atomic E-state index is 13.4. The lowest BCUT2D eigenvalue weighted by atomic mass is 10.1. The number of carbonyl (C=O) groups is 2. The molecule has 0 saturated carbocycles. The summed E-state index contributed by atoms with van der Waals surface area (Å²) in [6.07, 6.45) is -3.04. The van der Waals surface area contributed by atoms with E-state index in [1.165, 1.54) is 12.1 Å². The van der Waals surface area contributed by atoms with Crippen LogP contribution in [0.2, 0.25) is 0 Å². The van der Waals surface area contributed by atoms with Crippen molar-refractivity contribution in [2.75, 3.05) is 16.3 Å². The predicted molar refractivity (Wildman–Crippen MR) is 120 cm³/mol. The Kier molecular flexibility index (Phi) is 7.33. The third-order valence-electron chi connectivity index (χ3n) is 5.24. The van der Waals surface area contributed by atoms with E-state index in [2.05, 4.69) is 0 Å². The fourth-order valence-electron chi connectivity index (χ4n) is 3.61. The summed E-state index contributed by atoms with van der Waals surface area (Å²) in [7, 11) is 0. The SMILES string of the molecule is N#Cc1ccc(N2C(=O)CCCN(c3ccc(CCCC(=O)O)cc3)C2=S)cc1C(F)(F)F. The van der Waals surface area contributed by atoms with E-state index in [9.17, 15) is 22.8 Å². The van der Waals surface area contributed by atoms with Crippen LogP contribution in [0, 0.1) is 11.3 Å². The molecule has 1 aliphatic rings. The summed E-state index contributed by atoms with van der Waals surface area (Å²) in [4.78, 5) is 26.2. The van der Waals surface area contributed by atoms with Gasteiger partial charge in [-0.1, -0.05) is 12.1 Å². The van der Waals surface area contributed by atoms with Crippen LogP contribution in [0.25, 0.3) is 0 Å². The van der Waals surface area contributed by atoms with Crippen LogP contribution in [0.4, 0.5) is 24.5 Å². The standard InChI is InChI=1S/C23H20F3N3O3S/c24-23(25,26)19-13-18(11-8-16(19)14-27)29-20(30)4-2-12-28(22(29)33)17-9-6-15(7-10-17)3-1-5-21(31)32/h6-11,13H,1-5,12H2,(H,31,32). The van der Waals surface area contributed by atoms with E-state index in [1.54, 1.807) is 17.0 Å². The summed E-state index contributed by atoms with van der Waals surface area (Å²) in [5, 5.41) is 17.8. The highest BCUT2D eigenvalue weighted by atomic mass is 32.1. The second-order valence-electron chi connectivity index (χ2n) is 7.52. The fourth-order valence-corrected chi connectivity index (χ4v) is 4.01. The van der Waals surface area contributed by atoms with Crippen LogP contribution in [-0.2, 0) is 22.2 Å². The molecule has 1 amide bonds. The Morgan fingerprint density at radius 2 is 1.82 bits per heavy atom. The number of rotatable bonds is 6. The molecule has 2 aromatic carbocycles. The van der Waals surface area contributed by atoms with Gasteiger partial charge in [-0.05, 0) is 67.4 Å². The van der Waals surface area contributed by atoms with E-state index >= 15 is 0 Å². The quantitative estimate of drug-likeness (QED) is 0.598. The lowest BCUT2D eigenvalue weighted by Gasteiger charge is -2.30. The van der Waals surface area contributed by atoms with Gasteiger partial charge in [0.1, 0.15) is 0 Å². The van der Waals surface area contributed by atoms with Crippen molar-refractivity contribution >= 4 is 40.6 Å². The second kappa shape index (κ2) is 10.0. The van der Waals surface area contributed by atoms with Crippen LogP contribution in [0.5, 0.6) is 0 Å². The van der Waals surface area contributed by atoms with Crippen molar-refractivity contribution in [3.63, 3.8) is 0 Å². The predicted octanol–water partition coefficient (Wildman–Crippen LogP) is 4.90. The molecule has 2 aromatic rings. The van der Waals surface area contributed by atoms with Crippen molar-refractivity contribution < 1.29 is 27.9 Å². The van der Waals surface area contributed by atoms with Gasteiger partial charge in [-0.25, -0.2) is 0 Å². The number of thiocarbonyl (C=S) groups is 1. The molecule has 1 saturated heterocycles. The normalized spacial score (nSPS) is 14.7. The van der Waals surface area contributed by atoms with E-state index in [1.807, 2.05) is 12.1 Å². The first-order valence-corrected chi connectivity index (χ1v) is 10.6. The first-order chi connectivity index (χ1) is 15.6. The maximum absolute atomic E-state index is 13.4. The summed E-state index contributed by atoms with van der Waals surface area (Å²) >= 11 is 5.53. The summed E-state index contributed by atoms with van der Waals surface area (Å²) in [6.45, 7) is 0.405. The van der Waals surface area contributed by atoms with Crippen molar-refractivity contribution in [3.8, 4) is 6.07 Å². The third-order valence-corrected chi connectivity index (χ3v) is 5.64. The van der Waals surface area contributed by atoms with Gasteiger partial charge in [0.15, 0.2) is 5.11 Å². The summed E-state index contributed by atoms with van der Waals surface area (Å²) in [6, 6.07) is 11.9. The smallest absolute Gasteiger partial charge is 0.417 e. The molecular formula is C23H20F3N3O3S. The Morgan fingerprint density at radius 1 is 1.15 bits per heavy atom. The molecule has 0 atom stereocenters. The highest BCUT2D eigenvalue weighted by Gasteiger charge is 2.36. The number of hydrogen-bond donors (Lipinski definition) is 1. The van der Waals surface area contributed by atoms with E-state index in [-0.39, 0.29) is 23.6 Å². The first-order valence-electron chi connectivity index (χ1n) is 10.2. The molecular weight excluding hydrogens is 455 g/mol. The minimum Gasteiger partial charge on any atom is -0.481 e. The highest BCUT2D eigenvalue weighted by molar-refractivity contribution is 7.81. The van der Waals surface area contributed by atoms with Gasteiger partial charge >= 0.3 is 12.1 Å². The number of aliphatic carboxylic acids is 1. The van der Waals surface area contributed by atoms with E-state index in [0.717, 1.165) is 22.6 Å². The van der Waals surface area contributed by atoms with Gasteiger partial charge in [-0.3, -0.25) is 14.5 Å². The Bertz CT molecular complexity index is 1110. The number of nitrogens with zero attached hydrogens (tertiary/aromatic N) is 3. The second-order valence-corrected chi connectivity index (χ2v) is 7.89. The molecule has 0 spiro atoms. The molecule has 0 bridgehead atoms. The zero-order valence-electron chi connectivity index (χ0n) is 17.4. The number of benzene rings is 2. The maximum Gasteiger partial charge on any atom is 0.417 e. The first kappa shape index (κ1) is 24.2. The van der Waals surface area contributed by atoms with Crippen molar-refractivity contribution in [1.82, 2.24) is 0 Å². The molecule has 6 nitrogen and oxygen atoms in total. The number of amides is 1. The Balaban J connectivity index is 1.89. The zero-order valence-corrected chi connectivity index (χ0v) is 18.2. The van der Waals surface area contributed by atoms with Crippen LogP contribution in [-0.4, -0.2) is 28.6 Å². The zero-order chi connectivity index (χ0) is 24.2. The molecule has 1 aliphatic heterocycles. The summed E-state index contributed by atoms with van der Waals surface area (Å²) in [5.74, 6) is -1.28. The molecule has 1 N–H and O–H groups in total. The van der Waals surface area contributed by atoms with Crippen LogP contribution < -0.4 is 9.80 Å². The lowest BCUT2D eigenvalue weighted by molar-refractivity contribution is -0.138. The van der Waals surface area contributed by atoms with Crippen molar-refractivity contribution in [1.29, 1.82) is 5.26 Å². The largest absolute Gasteiger partial charge is 0.481 e. The molecule has 10 heteroatoms. The van der Waals surface area contributed by atoms with E-state index in [0.29, 0.717) is 31.5 Å². The average molecular weight is 475 g/mol. The number of anilines is 2. The van der Waals surface area contributed by atoms with Crippen molar-refractivity contribution in [3.05, 3.63) is 59.2 Å². The van der Waals surface area contributed by atoms with Gasteiger partial charge in [0.25, 0.3) is 0 Å². The monoisotopic (exact) mass is 475 g/mol. The minimum absolute atomic E-state index is 0.0477. The molecule has 1 heterocycles. The van der Waals surface area contributed by atoms with Crippen molar-refractivity contribution in [2.24, 2.45) is 0 Å². The highest BCUT2D eigenvalue weighted by Crippen LogP contribution is 2.35. The molecule has 0 unspecified atom stereocenters. The Labute approximate surface area is 193 Å². The number of carboxylic acid groups (broad SMARTS) is 1. The van der Waals surface area contributed by atoms with Gasteiger partial charge in [0, 0.05) is 25.1 Å². The number of carbonyl (C=O) groups excluding carboxylic acids is 1. The number of nitriles is 1.